The van der Waals surface area contributed by atoms with Crippen LogP contribution in [-0.4, -0.2) is 128 Å². The number of amides is 1. The van der Waals surface area contributed by atoms with Crippen LogP contribution in [0.15, 0.2) is 35.5 Å². The van der Waals surface area contributed by atoms with E-state index in [4.69, 9.17) is 45.3 Å². The van der Waals surface area contributed by atoms with Crippen LogP contribution < -0.4 is 11.5 Å². The molecule has 0 aliphatic carbocycles. The third-order valence-corrected chi connectivity index (χ3v) is 11.5. The van der Waals surface area contributed by atoms with Crippen molar-refractivity contribution in [2.24, 2.45) is 22.8 Å². The lowest BCUT2D eigenvalue weighted by Crippen LogP contribution is -2.63. The Bertz CT molecular complexity index is 1770. The molecule has 0 saturated carbocycles. The molecule has 5 atom stereocenters. The number of nitrogens with one attached hydrogen (secondary N) is 1. The summed E-state index contributed by atoms with van der Waals surface area (Å²) in [5.74, 6) is -3.15. The summed E-state index contributed by atoms with van der Waals surface area (Å²) in [7, 11) is 0. The van der Waals surface area contributed by atoms with Crippen molar-refractivity contribution in [1.29, 1.82) is 5.41 Å². The molecule has 3 saturated heterocycles. The quantitative estimate of drug-likeness (QED) is 0.0937. The van der Waals surface area contributed by atoms with Crippen molar-refractivity contribution in [3.8, 4) is 0 Å². The number of piperidine rings is 2. The Kier molecular flexibility index (Phi) is 17.7. The van der Waals surface area contributed by atoms with Gasteiger partial charge in [-0.25, -0.2) is 0 Å². The Morgan fingerprint density at radius 3 is 2.03 bits per heavy atom. The molecule has 3 aliphatic rings. The van der Waals surface area contributed by atoms with E-state index in [2.05, 4.69) is 23.1 Å². The number of nitrogens with two attached hydrogens (primary N) is 2. The molecule has 1 spiro atoms. The van der Waals surface area contributed by atoms with E-state index in [-0.39, 0.29) is 42.9 Å². The van der Waals surface area contributed by atoms with Gasteiger partial charge in [-0.3, -0.25) is 29.4 Å². The highest BCUT2D eigenvalue weighted by Gasteiger charge is 2.52. The summed E-state index contributed by atoms with van der Waals surface area (Å²) < 4.78 is 33.9. The first-order valence-electron chi connectivity index (χ1n) is 20.9. The van der Waals surface area contributed by atoms with E-state index in [0.717, 1.165) is 89.4 Å². The van der Waals surface area contributed by atoms with E-state index in [1.54, 1.807) is 0 Å². The van der Waals surface area contributed by atoms with Crippen LogP contribution in [0.2, 0.25) is 0 Å². The number of likely N-dealkylation sites (tertiary alicyclic amines) is 2. The Morgan fingerprint density at radius 1 is 0.883 bits per heavy atom. The molecule has 16 nitrogen and oxygen atoms in total. The molecule has 5 N–H and O–H groups in total. The molecule has 1 aromatic rings. The summed E-state index contributed by atoms with van der Waals surface area (Å²) in [5.41, 5.74) is 16.4. The number of ether oxygens (including phenoxy) is 6. The first-order valence-corrected chi connectivity index (χ1v) is 20.9. The average Bonchev–Trinajstić information content (AvgIpc) is 3.18. The standard InChI is InChI=1S/C44H65N5O11/c1-27(2)39(46)35(43(47)56-25-37-41(58-31(6)52)42(59-32(7)53)40(57-30(5)51)36(60-37)24-55-29(4)50)22-34-13-12-33(21-28(34)3)11-8-9-17-48-18-10-14-44(26-48)15-19-49(20-16-44)38(54)23-45/h8,11-13,21,27,36-37,40-42,47H,9-10,14-20,22-26,45-46H2,1-7H3/b11-8+,39-35-,47-43?/t36-,37+,40-,41+,42+/m1/s1. The third kappa shape index (κ3) is 13.6. The van der Waals surface area contributed by atoms with Crippen LogP contribution in [0.5, 0.6) is 0 Å². The Balaban J connectivity index is 1.43. The predicted octanol–water partition coefficient (Wildman–Crippen LogP) is 3.59. The number of nitrogens with zero attached hydrogens (tertiary/aromatic N) is 2. The second-order valence-electron chi connectivity index (χ2n) is 16.5. The zero-order valence-electron chi connectivity index (χ0n) is 36.3. The number of carbonyl (C=O) groups excluding carboxylic acids is 5. The summed E-state index contributed by atoms with van der Waals surface area (Å²) >= 11 is 0. The fraction of sp³-hybridized carbons (Fsp3) is 0.636. The molecule has 0 aromatic heterocycles. The molecule has 16 heteroatoms. The van der Waals surface area contributed by atoms with Crippen molar-refractivity contribution in [3.63, 3.8) is 0 Å². The second kappa shape index (κ2) is 22.2. The van der Waals surface area contributed by atoms with E-state index in [9.17, 15) is 24.0 Å². The Labute approximate surface area is 353 Å². The van der Waals surface area contributed by atoms with Gasteiger partial charge in [-0.15, -0.1) is 0 Å². The van der Waals surface area contributed by atoms with E-state index >= 15 is 0 Å². The normalized spacial score (nSPS) is 23.5. The third-order valence-electron chi connectivity index (χ3n) is 11.5. The molecule has 4 rings (SSSR count). The molecule has 1 aromatic carbocycles. The molecule has 3 fully saturated rings. The summed E-state index contributed by atoms with van der Waals surface area (Å²) in [4.78, 5) is 64.9. The van der Waals surface area contributed by atoms with Crippen molar-refractivity contribution >= 4 is 41.8 Å². The largest absolute Gasteiger partial charge is 0.475 e. The van der Waals surface area contributed by atoms with E-state index in [1.165, 1.54) is 19.8 Å². The maximum absolute atomic E-state index is 12.3. The second-order valence-corrected chi connectivity index (χ2v) is 16.5. The highest BCUT2D eigenvalue weighted by Crippen LogP contribution is 2.40. The maximum atomic E-state index is 12.3. The molecule has 3 heterocycles. The van der Waals surface area contributed by atoms with Gasteiger partial charge in [0.25, 0.3) is 0 Å². The number of aryl methyl sites for hydroxylation is 1. The topological polar surface area (TPSA) is 223 Å². The number of allylic oxidation sites excluding steroid dienone is 1. The summed E-state index contributed by atoms with van der Waals surface area (Å²) in [6, 6.07) is 6.16. The van der Waals surface area contributed by atoms with Crippen molar-refractivity contribution in [2.45, 2.75) is 118 Å². The lowest BCUT2D eigenvalue weighted by Gasteiger charge is -2.47. The number of hydrogen-bond donors (Lipinski definition) is 3. The molecule has 3 aliphatic heterocycles. The zero-order chi connectivity index (χ0) is 44.1. The van der Waals surface area contributed by atoms with Crippen LogP contribution in [0.4, 0.5) is 0 Å². The molecular formula is C44H65N5O11. The maximum Gasteiger partial charge on any atom is 0.303 e. The zero-order valence-corrected chi connectivity index (χ0v) is 36.3. The van der Waals surface area contributed by atoms with Gasteiger partial charge in [0.1, 0.15) is 25.4 Å². The van der Waals surface area contributed by atoms with Gasteiger partial charge in [0.05, 0.1) is 6.54 Å². The van der Waals surface area contributed by atoms with Crippen molar-refractivity contribution in [2.75, 3.05) is 52.5 Å². The minimum Gasteiger partial charge on any atom is -0.475 e. The SMILES string of the molecule is CC(=O)OC[C@H]1O[C@@H](COC(=N)/C(Cc2ccc(/C=C/CCN3CCCC4(CCN(C(=O)CN)CC4)C3)cc2C)=C(\N)C(C)C)[C@H](OC(C)=O)[C@@H](OC(C)=O)[C@@H]1OC(C)=O. The van der Waals surface area contributed by atoms with Gasteiger partial charge in [-0.2, -0.15) is 0 Å². The van der Waals surface area contributed by atoms with Crippen LogP contribution in [0.1, 0.15) is 90.3 Å². The predicted molar refractivity (Wildman–Crippen MR) is 223 cm³/mol. The summed E-state index contributed by atoms with van der Waals surface area (Å²) in [6.07, 6.45) is 3.75. The van der Waals surface area contributed by atoms with Gasteiger partial charge in [-0.05, 0) is 73.6 Å². The fourth-order valence-electron chi connectivity index (χ4n) is 8.32. The molecule has 332 valence electrons. The first-order chi connectivity index (χ1) is 28.4. The number of hydrogen-bond acceptors (Lipinski definition) is 15. The average molecular weight is 840 g/mol. The first kappa shape index (κ1) is 47.9. The molecule has 0 radical (unpaired) electrons. The fourth-order valence-corrected chi connectivity index (χ4v) is 8.32. The van der Waals surface area contributed by atoms with Gasteiger partial charge >= 0.3 is 23.9 Å². The van der Waals surface area contributed by atoms with Crippen molar-refractivity contribution in [1.82, 2.24) is 9.80 Å². The van der Waals surface area contributed by atoms with Crippen LogP contribution in [0.25, 0.3) is 6.08 Å². The van der Waals surface area contributed by atoms with Crippen LogP contribution in [-0.2, 0) is 58.8 Å². The number of esters is 4. The number of rotatable bonds is 16. The molecule has 1 amide bonds. The Morgan fingerprint density at radius 2 is 1.48 bits per heavy atom. The van der Waals surface area contributed by atoms with Gasteiger partial charge in [0.2, 0.25) is 11.8 Å². The Hall–Kier alpha value is -4.80. The highest BCUT2D eigenvalue weighted by atomic mass is 16.7. The van der Waals surface area contributed by atoms with Gasteiger partial charge in [0, 0.05) is 71.6 Å². The molecule has 0 bridgehead atoms. The van der Waals surface area contributed by atoms with Crippen LogP contribution in [0, 0.1) is 23.7 Å². The molecule has 0 unspecified atom stereocenters. The molecule has 60 heavy (non-hydrogen) atoms. The monoisotopic (exact) mass is 839 g/mol. The van der Waals surface area contributed by atoms with E-state index in [0.29, 0.717) is 17.7 Å². The van der Waals surface area contributed by atoms with E-state index < -0.39 is 54.4 Å². The van der Waals surface area contributed by atoms with Crippen molar-refractivity contribution < 1.29 is 52.4 Å². The van der Waals surface area contributed by atoms with Gasteiger partial charge in [0.15, 0.2) is 18.3 Å². The number of benzene rings is 1. The minimum atomic E-state index is -1.35. The lowest BCUT2D eigenvalue weighted by molar-refractivity contribution is -0.256. The minimum absolute atomic E-state index is 0.0407. The highest BCUT2D eigenvalue weighted by molar-refractivity contribution is 5.92. The lowest BCUT2D eigenvalue weighted by atomic mass is 9.72. The van der Waals surface area contributed by atoms with Gasteiger partial charge in [-0.1, -0.05) is 44.2 Å². The van der Waals surface area contributed by atoms with Crippen LogP contribution >= 0.6 is 0 Å². The van der Waals surface area contributed by atoms with E-state index in [1.807, 2.05) is 37.8 Å². The summed E-state index contributed by atoms with van der Waals surface area (Å²) in [5, 5.41) is 9.05. The smallest absolute Gasteiger partial charge is 0.303 e. The molecular weight excluding hydrogens is 775 g/mol. The van der Waals surface area contributed by atoms with Crippen LogP contribution in [0.3, 0.4) is 0 Å². The van der Waals surface area contributed by atoms with Crippen molar-refractivity contribution in [3.05, 3.63) is 52.2 Å². The van der Waals surface area contributed by atoms with Gasteiger partial charge < -0.3 is 49.7 Å². The number of carbonyl (C=O) groups is 5. The summed E-state index contributed by atoms with van der Waals surface area (Å²) in [6.45, 7) is 14.6.